The molecule has 3 rings (SSSR count). The van der Waals surface area contributed by atoms with Crippen molar-refractivity contribution in [2.45, 2.75) is 30.9 Å². The Morgan fingerprint density at radius 3 is 1.14 bits per heavy atom. The smallest absolute Gasteiger partial charge is 0.419 e. The molecule has 0 aromatic heterocycles. The number of alkyl halides is 15. The van der Waals surface area contributed by atoms with Crippen LogP contribution in [0.3, 0.4) is 0 Å². The number of hydrogen-bond acceptors (Lipinski definition) is 4. The van der Waals surface area contributed by atoms with Gasteiger partial charge in [-0.15, -0.1) is 0 Å². The molecule has 3 aromatic carbocycles. The van der Waals surface area contributed by atoms with E-state index in [0.29, 0.717) is 6.07 Å². The average molecular weight is 632 g/mol. The fraction of sp³-hybridized carbons (Fsp3) is 0.217. The first kappa shape index (κ1) is 32.3. The van der Waals surface area contributed by atoms with Gasteiger partial charge < -0.3 is 20.9 Å². The summed E-state index contributed by atoms with van der Waals surface area (Å²) in [7, 11) is 0. The van der Waals surface area contributed by atoms with Crippen molar-refractivity contribution in [3.63, 3.8) is 0 Å². The van der Waals surface area contributed by atoms with Crippen LogP contribution in [-0.2, 0) is 30.9 Å². The van der Waals surface area contributed by atoms with Gasteiger partial charge in [0.2, 0.25) is 0 Å². The Balaban J connectivity index is 2.14. The summed E-state index contributed by atoms with van der Waals surface area (Å²) in [6, 6.07) is 0.827. The topological polar surface area (TPSA) is 70.5 Å². The lowest BCUT2D eigenvalue weighted by atomic mass is 10.0. The van der Waals surface area contributed by atoms with Crippen LogP contribution >= 0.6 is 0 Å². The molecular formula is C23H11F15N2O2. The largest absolute Gasteiger partial charge is 0.457 e. The molecule has 19 heteroatoms. The van der Waals surface area contributed by atoms with E-state index < -0.39 is 93.1 Å². The van der Waals surface area contributed by atoms with Gasteiger partial charge in [-0.25, -0.2) is 0 Å². The van der Waals surface area contributed by atoms with Crippen LogP contribution in [0.1, 0.15) is 27.8 Å². The summed E-state index contributed by atoms with van der Waals surface area (Å²) in [6.07, 6.45) is -27.9. The maximum Gasteiger partial charge on any atom is 0.419 e. The van der Waals surface area contributed by atoms with Gasteiger partial charge >= 0.3 is 30.9 Å². The van der Waals surface area contributed by atoms with Gasteiger partial charge in [0.1, 0.15) is 23.0 Å². The molecule has 42 heavy (non-hydrogen) atoms. The van der Waals surface area contributed by atoms with Crippen LogP contribution < -0.4 is 20.9 Å². The molecule has 4 nitrogen and oxygen atoms in total. The number of hydrogen-bond donors (Lipinski definition) is 2. The quantitative estimate of drug-likeness (QED) is 0.222. The molecule has 0 amide bonds. The Hall–Kier alpha value is -4.19. The van der Waals surface area contributed by atoms with E-state index in [4.69, 9.17) is 20.9 Å². The summed E-state index contributed by atoms with van der Waals surface area (Å²) in [4.78, 5) is 0. The first-order valence-electron chi connectivity index (χ1n) is 10.5. The van der Waals surface area contributed by atoms with Gasteiger partial charge in [-0.05, 0) is 24.3 Å². The monoisotopic (exact) mass is 632 g/mol. The molecule has 0 spiro atoms. The number of ether oxygens (including phenoxy) is 2. The second kappa shape index (κ2) is 10.3. The minimum Gasteiger partial charge on any atom is -0.457 e. The SMILES string of the molecule is Nc1cc(Oc2ccc(C(F)(F)F)c(Oc3cc(N)c(C(F)(F)F)c(C(F)(F)F)c3)c2)cc(C(F)(F)F)c1C(F)(F)F. The Kier molecular flexibility index (Phi) is 7.90. The molecule has 0 heterocycles. The lowest BCUT2D eigenvalue weighted by Crippen LogP contribution is -2.19. The van der Waals surface area contributed by atoms with E-state index in [2.05, 4.69) is 0 Å². The Morgan fingerprint density at radius 2 is 0.786 bits per heavy atom. The number of rotatable bonds is 4. The second-order valence-corrected chi connectivity index (χ2v) is 8.22. The zero-order chi connectivity index (χ0) is 32.2. The van der Waals surface area contributed by atoms with Crippen molar-refractivity contribution < 1.29 is 75.3 Å². The van der Waals surface area contributed by atoms with Crippen LogP contribution in [0.5, 0.6) is 23.0 Å². The van der Waals surface area contributed by atoms with Crippen LogP contribution in [0, 0.1) is 0 Å². The summed E-state index contributed by atoms with van der Waals surface area (Å²) in [5, 5.41) is 0. The van der Waals surface area contributed by atoms with Crippen molar-refractivity contribution in [2.75, 3.05) is 11.5 Å². The molecule has 0 fully saturated rings. The third-order valence-electron chi connectivity index (χ3n) is 5.18. The maximum absolute atomic E-state index is 13.5. The van der Waals surface area contributed by atoms with E-state index in [-0.39, 0.29) is 36.4 Å². The van der Waals surface area contributed by atoms with E-state index in [1.165, 1.54) is 0 Å². The summed E-state index contributed by atoms with van der Waals surface area (Å²) in [5.74, 6) is -4.62. The molecule has 0 unspecified atom stereocenters. The van der Waals surface area contributed by atoms with Crippen LogP contribution in [-0.4, -0.2) is 0 Å². The number of halogens is 15. The zero-order valence-electron chi connectivity index (χ0n) is 19.7. The molecule has 0 atom stereocenters. The van der Waals surface area contributed by atoms with Crippen molar-refractivity contribution in [3.05, 3.63) is 70.3 Å². The second-order valence-electron chi connectivity index (χ2n) is 8.22. The summed E-state index contributed by atoms with van der Waals surface area (Å²) >= 11 is 0. The first-order valence-corrected chi connectivity index (χ1v) is 10.5. The highest BCUT2D eigenvalue weighted by Gasteiger charge is 2.46. The predicted octanol–water partition coefficient (Wildman–Crippen LogP) is 9.53. The Bertz CT molecular complexity index is 1480. The van der Waals surface area contributed by atoms with E-state index in [1.54, 1.807) is 0 Å². The molecule has 230 valence electrons. The Labute approximate surface area is 223 Å². The number of nitrogens with two attached hydrogens (primary N) is 2. The van der Waals surface area contributed by atoms with Crippen LogP contribution in [0.25, 0.3) is 0 Å². The van der Waals surface area contributed by atoms with Gasteiger partial charge in [-0.2, -0.15) is 65.9 Å². The minimum absolute atomic E-state index is 0.137. The standard InChI is InChI=1S/C23H11F15N2O2/c24-19(25,26)11-2-1-8(41-9-3-12(20(27,28)29)17(14(39)5-9)22(33,34)35)7-16(11)42-10-4-13(21(30,31)32)18(15(40)6-10)23(36,37)38/h1-7H,39-40H2. The third kappa shape index (κ3) is 6.99. The molecular weight excluding hydrogens is 621 g/mol. The van der Waals surface area contributed by atoms with Gasteiger partial charge in [0.15, 0.2) is 0 Å². The highest BCUT2D eigenvalue weighted by atomic mass is 19.4. The number of benzene rings is 3. The molecule has 0 saturated heterocycles. The number of nitrogen functional groups attached to an aromatic ring is 2. The van der Waals surface area contributed by atoms with Crippen LogP contribution in [0.4, 0.5) is 77.2 Å². The molecule has 0 aliphatic heterocycles. The van der Waals surface area contributed by atoms with Crippen molar-refractivity contribution in [1.82, 2.24) is 0 Å². The Morgan fingerprint density at radius 1 is 0.405 bits per heavy atom. The summed E-state index contributed by atoms with van der Waals surface area (Å²) < 4.78 is 209. The third-order valence-corrected chi connectivity index (χ3v) is 5.18. The maximum atomic E-state index is 13.5. The minimum atomic E-state index is -5.71. The van der Waals surface area contributed by atoms with Gasteiger partial charge in [0.05, 0.1) is 27.8 Å². The van der Waals surface area contributed by atoms with Gasteiger partial charge in [0.25, 0.3) is 0 Å². The van der Waals surface area contributed by atoms with Crippen LogP contribution in [0.2, 0.25) is 0 Å². The highest BCUT2D eigenvalue weighted by Crippen LogP contribution is 2.48. The molecule has 3 aromatic rings. The van der Waals surface area contributed by atoms with Crippen molar-refractivity contribution in [3.8, 4) is 23.0 Å². The normalized spacial score (nSPS) is 13.3. The van der Waals surface area contributed by atoms with Gasteiger partial charge in [-0.3, -0.25) is 0 Å². The number of anilines is 2. The van der Waals surface area contributed by atoms with E-state index >= 15 is 0 Å². The zero-order valence-corrected chi connectivity index (χ0v) is 19.7. The van der Waals surface area contributed by atoms with Gasteiger partial charge in [-0.1, -0.05) is 0 Å². The molecule has 0 aliphatic carbocycles. The molecule has 0 bridgehead atoms. The average Bonchev–Trinajstić information content (AvgIpc) is 2.74. The van der Waals surface area contributed by atoms with E-state index in [9.17, 15) is 65.9 Å². The van der Waals surface area contributed by atoms with Crippen molar-refractivity contribution >= 4 is 11.4 Å². The summed E-state index contributed by atoms with van der Waals surface area (Å²) in [5.41, 5.74) is -3.94. The molecule has 0 aliphatic rings. The molecule has 0 radical (unpaired) electrons. The van der Waals surface area contributed by atoms with Gasteiger partial charge in [0, 0.05) is 29.6 Å². The van der Waals surface area contributed by atoms with Crippen LogP contribution in [0.15, 0.2) is 42.5 Å². The lowest BCUT2D eigenvalue weighted by Gasteiger charge is -2.21. The van der Waals surface area contributed by atoms with E-state index in [1.807, 2.05) is 0 Å². The highest BCUT2D eigenvalue weighted by molar-refractivity contribution is 5.60. The fourth-order valence-corrected chi connectivity index (χ4v) is 3.62. The van der Waals surface area contributed by atoms with Crippen molar-refractivity contribution in [1.29, 1.82) is 0 Å². The predicted molar refractivity (Wildman–Crippen MR) is 113 cm³/mol. The fourth-order valence-electron chi connectivity index (χ4n) is 3.62. The van der Waals surface area contributed by atoms with E-state index in [0.717, 1.165) is 0 Å². The molecule has 4 N–H and O–H groups in total. The molecule has 0 saturated carbocycles. The first-order chi connectivity index (χ1) is 18.8. The lowest BCUT2D eigenvalue weighted by molar-refractivity contribution is -0.161. The summed E-state index contributed by atoms with van der Waals surface area (Å²) in [6.45, 7) is 0. The van der Waals surface area contributed by atoms with Crippen molar-refractivity contribution in [2.24, 2.45) is 0 Å².